The number of piperidine rings is 1. The second kappa shape index (κ2) is 7.68. The van der Waals surface area contributed by atoms with E-state index in [2.05, 4.69) is 20.2 Å². The number of carbonyl (C=O) groups excluding carboxylic acids is 1. The fourth-order valence-corrected chi connectivity index (χ4v) is 4.79. The molecule has 1 aliphatic carbocycles. The molecule has 3 N–H and O–H groups in total. The number of H-pyrrole nitrogens is 1. The molecule has 2 aliphatic rings. The molecule has 0 radical (unpaired) electrons. The molecule has 3 atom stereocenters. The van der Waals surface area contributed by atoms with E-state index in [-0.39, 0.29) is 42.3 Å². The van der Waals surface area contributed by atoms with Crippen molar-refractivity contribution in [1.82, 2.24) is 15.3 Å². The molecule has 1 unspecified atom stereocenters. The first-order valence-corrected chi connectivity index (χ1v) is 9.74. The van der Waals surface area contributed by atoms with Crippen LogP contribution in [0, 0.1) is 18.8 Å². The Morgan fingerprint density at radius 2 is 2.04 bits per heavy atom. The van der Waals surface area contributed by atoms with Gasteiger partial charge in [0, 0.05) is 42.0 Å². The van der Waals surface area contributed by atoms with Crippen LogP contribution in [-0.4, -0.2) is 64.9 Å². The first-order chi connectivity index (χ1) is 12.3. The van der Waals surface area contributed by atoms with Gasteiger partial charge >= 0.3 is 24.8 Å². The van der Waals surface area contributed by atoms with Crippen LogP contribution in [0.25, 0.3) is 0 Å². The van der Waals surface area contributed by atoms with Crippen LogP contribution < -0.4 is 10.2 Å². The fraction of sp³-hybridized carbons (Fsp3) is 0.438. The zero-order valence-corrected chi connectivity index (χ0v) is 16.1. The predicted octanol–water partition coefficient (Wildman–Crippen LogP) is 1.93. The molecule has 1 aliphatic heterocycles. The standard InChI is InChI=1S/C16H16Cl2N4O3S.Li.H/c1-6-11(17)12(18)14(19-6)15(25)21-13-8-3-22(4-9(8)13)16-20-7(5-26-16)2-10(23)24;;/h5,8-9,13,19H,2-4H2,1H3,(H,21,25)(H,23,24);;/t8-,9+,13?;;. The third-order valence-corrected chi connectivity index (χ3v) is 6.81. The van der Waals surface area contributed by atoms with E-state index in [0.717, 1.165) is 18.2 Å². The maximum atomic E-state index is 12.4. The van der Waals surface area contributed by atoms with Crippen molar-refractivity contribution in [1.29, 1.82) is 0 Å². The number of amides is 1. The first-order valence-electron chi connectivity index (χ1n) is 8.10. The topological polar surface area (TPSA) is 98.3 Å². The molecule has 1 saturated carbocycles. The zero-order valence-electron chi connectivity index (χ0n) is 13.8. The number of nitrogens with one attached hydrogen (secondary N) is 2. The van der Waals surface area contributed by atoms with Gasteiger partial charge in [0.05, 0.1) is 22.2 Å². The Kier molecular flexibility index (Phi) is 5.85. The second-order valence-electron chi connectivity index (χ2n) is 6.68. The van der Waals surface area contributed by atoms with E-state index in [1.54, 1.807) is 12.3 Å². The van der Waals surface area contributed by atoms with Gasteiger partial charge in [0.1, 0.15) is 5.69 Å². The van der Waals surface area contributed by atoms with Crippen molar-refractivity contribution < 1.29 is 14.7 Å². The minimum atomic E-state index is -0.882. The van der Waals surface area contributed by atoms with Crippen LogP contribution in [0.3, 0.4) is 0 Å². The molecule has 3 heterocycles. The molecule has 2 aromatic rings. The molecule has 0 aromatic carbocycles. The summed E-state index contributed by atoms with van der Waals surface area (Å²) in [5, 5.41) is 15.1. The predicted molar refractivity (Wildman–Crippen MR) is 107 cm³/mol. The summed E-state index contributed by atoms with van der Waals surface area (Å²) in [4.78, 5) is 32.6. The number of aryl methyl sites for hydroxylation is 1. The van der Waals surface area contributed by atoms with Gasteiger partial charge in [0.2, 0.25) is 0 Å². The van der Waals surface area contributed by atoms with Crippen LogP contribution in [0.15, 0.2) is 5.38 Å². The fourth-order valence-electron chi connectivity index (χ4n) is 3.53. The van der Waals surface area contributed by atoms with Gasteiger partial charge in [-0.2, -0.15) is 0 Å². The number of anilines is 1. The van der Waals surface area contributed by atoms with Gasteiger partial charge in [-0.1, -0.05) is 23.2 Å². The average Bonchev–Trinajstić information content (AvgIpc) is 2.99. The summed E-state index contributed by atoms with van der Waals surface area (Å²) in [5.74, 6) is -0.381. The number of fused-ring (bicyclic) bond motifs is 1. The quantitative estimate of drug-likeness (QED) is 0.639. The van der Waals surface area contributed by atoms with Gasteiger partial charge in [0.15, 0.2) is 5.13 Å². The van der Waals surface area contributed by atoms with E-state index in [1.165, 1.54) is 11.3 Å². The maximum absolute atomic E-state index is 12.4. The van der Waals surface area contributed by atoms with Crippen molar-refractivity contribution in [2.75, 3.05) is 18.0 Å². The molecule has 0 spiro atoms. The number of hydrogen-bond acceptors (Lipinski definition) is 5. The Balaban J connectivity index is 0.00000210. The number of aliphatic carboxylic acids is 1. The molecular formula is C16H17Cl2LiN4O3S. The van der Waals surface area contributed by atoms with Crippen molar-refractivity contribution in [3.05, 3.63) is 32.5 Å². The third kappa shape index (κ3) is 3.87. The number of thiazole rings is 1. The van der Waals surface area contributed by atoms with E-state index in [1.807, 2.05) is 0 Å². The number of nitrogens with zero attached hydrogens (tertiary/aromatic N) is 2. The molecule has 27 heavy (non-hydrogen) atoms. The van der Waals surface area contributed by atoms with Crippen molar-refractivity contribution >= 4 is 70.4 Å². The van der Waals surface area contributed by atoms with E-state index in [0.29, 0.717) is 33.9 Å². The molecular weight excluding hydrogens is 406 g/mol. The molecule has 11 heteroatoms. The molecule has 140 valence electrons. The summed E-state index contributed by atoms with van der Waals surface area (Å²) in [6, 6.07) is 0.121. The van der Waals surface area contributed by atoms with Crippen LogP contribution in [0.2, 0.25) is 10.0 Å². The van der Waals surface area contributed by atoms with Crippen LogP contribution >= 0.6 is 34.5 Å². The van der Waals surface area contributed by atoms with Crippen LogP contribution in [0.1, 0.15) is 21.9 Å². The number of carboxylic acids is 1. The summed E-state index contributed by atoms with van der Waals surface area (Å²) in [6.45, 7) is 3.36. The number of aromatic nitrogens is 2. The number of carbonyl (C=O) groups is 2. The van der Waals surface area contributed by atoms with Gasteiger partial charge < -0.3 is 20.3 Å². The Morgan fingerprint density at radius 3 is 2.59 bits per heavy atom. The number of aromatic amines is 1. The van der Waals surface area contributed by atoms with Crippen LogP contribution in [0.4, 0.5) is 5.13 Å². The number of halogens is 2. The molecule has 4 rings (SSSR count). The zero-order chi connectivity index (χ0) is 18.6. The normalized spacial score (nSPS) is 22.9. The summed E-state index contributed by atoms with van der Waals surface area (Å²) in [7, 11) is 0. The SMILES string of the molecule is Cc1[nH]c(C(=O)NC2[C@H]3CN(c4nc(CC(=O)O)cs4)C[C@@H]23)c(Cl)c1Cl.[LiH]. The first kappa shape index (κ1) is 20.6. The molecule has 2 fully saturated rings. The summed E-state index contributed by atoms with van der Waals surface area (Å²) in [6.07, 6.45) is -0.0608. The van der Waals surface area contributed by atoms with Gasteiger partial charge in [-0.3, -0.25) is 9.59 Å². The van der Waals surface area contributed by atoms with Gasteiger partial charge in [-0.25, -0.2) is 4.98 Å². The van der Waals surface area contributed by atoms with Crippen molar-refractivity contribution in [3.8, 4) is 0 Å². The Hall–Kier alpha value is -1.17. The summed E-state index contributed by atoms with van der Waals surface area (Å²) < 4.78 is 0. The third-order valence-electron chi connectivity index (χ3n) is 4.92. The Morgan fingerprint density at radius 1 is 1.37 bits per heavy atom. The average molecular weight is 423 g/mol. The van der Waals surface area contributed by atoms with E-state index in [4.69, 9.17) is 28.3 Å². The molecule has 1 amide bonds. The monoisotopic (exact) mass is 422 g/mol. The van der Waals surface area contributed by atoms with E-state index < -0.39 is 5.97 Å². The van der Waals surface area contributed by atoms with Gasteiger partial charge in [-0.05, 0) is 6.92 Å². The molecule has 2 aromatic heterocycles. The van der Waals surface area contributed by atoms with Crippen molar-refractivity contribution in [3.63, 3.8) is 0 Å². The van der Waals surface area contributed by atoms with Crippen molar-refractivity contribution in [2.45, 2.75) is 19.4 Å². The summed E-state index contributed by atoms with van der Waals surface area (Å²) >= 11 is 13.6. The van der Waals surface area contributed by atoms with Crippen molar-refractivity contribution in [2.24, 2.45) is 11.8 Å². The van der Waals surface area contributed by atoms with E-state index >= 15 is 0 Å². The van der Waals surface area contributed by atoms with E-state index in [9.17, 15) is 9.59 Å². The van der Waals surface area contributed by atoms with Gasteiger partial charge in [-0.15, -0.1) is 11.3 Å². The Bertz CT molecular complexity index is 890. The molecule has 1 saturated heterocycles. The summed E-state index contributed by atoms with van der Waals surface area (Å²) in [5.41, 5.74) is 1.55. The van der Waals surface area contributed by atoms with Crippen LogP contribution in [0.5, 0.6) is 0 Å². The molecule has 0 bridgehead atoms. The number of rotatable bonds is 5. The molecule has 7 nitrogen and oxygen atoms in total. The minimum absolute atomic E-state index is 0. The Labute approximate surface area is 181 Å². The van der Waals surface area contributed by atoms with Gasteiger partial charge in [0.25, 0.3) is 5.91 Å². The van der Waals surface area contributed by atoms with Crippen LogP contribution in [-0.2, 0) is 11.2 Å². The number of hydrogen-bond donors (Lipinski definition) is 3. The second-order valence-corrected chi connectivity index (χ2v) is 8.27. The number of carboxylic acid groups (broad SMARTS) is 1.